The molecule has 1 aliphatic rings. The van der Waals surface area contributed by atoms with E-state index in [9.17, 15) is 14.4 Å². The van der Waals surface area contributed by atoms with Crippen LogP contribution in [0.25, 0.3) is 6.08 Å². The van der Waals surface area contributed by atoms with Crippen LogP contribution in [0, 0.1) is 0 Å². The lowest BCUT2D eigenvalue weighted by molar-refractivity contribution is -0.144. The number of nitrogens with one attached hydrogen (secondary N) is 1. The average molecular weight is 360 g/mol. The summed E-state index contributed by atoms with van der Waals surface area (Å²) in [5.74, 6) is -1.79. The number of carboxylic acids is 1. The van der Waals surface area contributed by atoms with Crippen LogP contribution in [-0.2, 0) is 14.4 Å². The molecule has 1 heterocycles. The Kier molecular flexibility index (Phi) is 5.66. The number of hydrogen-bond acceptors (Lipinski definition) is 5. The highest BCUT2D eigenvalue weighted by atomic mass is 32.1. The maximum Gasteiger partial charge on any atom is 0.344 e. The lowest BCUT2D eigenvalue weighted by Crippen LogP contribution is -2.53. The van der Waals surface area contributed by atoms with Crippen molar-refractivity contribution in [1.29, 1.82) is 0 Å². The Labute approximate surface area is 149 Å². The minimum atomic E-state index is -1.08. The molecule has 25 heavy (non-hydrogen) atoms. The Balaban J connectivity index is 2.22. The van der Waals surface area contributed by atoms with Gasteiger partial charge in [-0.2, -0.15) is 0 Å². The summed E-state index contributed by atoms with van der Waals surface area (Å²) in [6, 6.07) is 6.34. The number of carbonyl (C=O) groups excluding carboxylic acids is 2. The van der Waals surface area contributed by atoms with Crippen molar-refractivity contribution in [3.63, 3.8) is 0 Å². The number of carbonyl (C=O) groups is 3. The number of nitrogens with zero attached hydrogens (tertiary/aromatic N) is 1. The van der Waals surface area contributed by atoms with Crippen LogP contribution < -0.4 is 10.1 Å². The summed E-state index contributed by atoms with van der Waals surface area (Å²) in [4.78, 5) is 36.4. The van der Waals surface area contributed by atoms with Gasteiger partial charge in [-0.1, -0.05) is 18.2 Å². The van der Waals surface area contributed by atoms with E-state index < -0.39 is 23.9 Å². The predicted octanol–water partition coefficient (Wildman–Crippen LogP) is 1.35. The molecule has 0 aromatic heterocycles. The van der Waals surface area contributed by atoms with Crippen molar-refractivity contribution >= 4 is 41.2 Å². The van der Waals surface area contributed by atoms with Crippen LogP contribution in [0.3, 0.4) is 0 Å². The Morgan fingerprint density at radius 3 is 2.60 bits per heavy atom. The number of ether oxygens (including phenoxy) is 1. The Hall–Kier alpha value is -3.00. The molecule has 1 aliphatic heterocycles. The molecule has 0 radical (unpaired) electrons. The maximum absolute atomic E-state index is 12.4. The van der Waals surface area contributed by atoms with Crippen LogP contribution in [0.5, 0.6) is 5.75 Å². The van der Waals surface area contributed by atoms with Crippen LogP contribution >= 0.6 is 12.2 Å². The fourth-order valence-electron chi connectivity index (χ4n) is 2.05. The number of benzene rings is 1. The first-order valence-electron chi connectivity index (χ1n) is 7.32. The largest absolute Gasteiger partial charge is 0.479 e. The van der Waals surface area contributed by atoms with Crippen LogP contribution in [0.15, 0.2) is 42.5 Å². The first-order chi connectivity index (χ1) is 11.8. The van der Waals surface area contributed by atoms with Gasteiger partial charge in [0.25, 0.3) is 11.8 Å². The molecule has 2 rings (SSSR count). The van der Waals surface area contributed by atoms with E-state index in [0.29, 0.717) is 11.3 Å². The molecule has 0 spiro atoms. The molecule has 130 valence electrons. The highest BCUT2D eigenvalue weighted by Crippen LogP contribution is 2.18. The summed E-state index contributed by atoms with van der Waals surface area (Å²) >= 11 is 4.98. The molecule has 1 atom stereocenters. The minimum absolute atomic E-state index is 0.0402. The fraction of sp³-hybridized carbons (Fsp3) is 0.176. The van der Waals surface area contributed by atoms with Crippen LogP contribution in [-0.4, -0.2) is 45.6 Å². The van der Waals surface area contributed by atoms with Crippen molar-refractivity contribution in [2.45, 2.75) is 13.0 Å². The molecule has 7 nitrogen and oxygen atoms in total. The van der Waals surface area contributed by atoms with E-state index in [1.54, 1.807) is 24.3 Å². The van der Waals surface area contributed by atoms with Gasteiger partial charge in [0, 0.05) is 6.54 Å². The molecule has 0 saturated carbocycles. The zero-order valence-corrected chi connectivity index (χ0v) is 14.2. The van der Waals surface area contributed by atoms with Gasteiger partial charge in [-0.3, -0.25) is 19.8 Å². The fourth-order valence-corrected chi connectivity index (χ4v) is 2.30. The monoisotopic (exact) mass is 360 g/mol. The third-order valence-electron chi connectivity index (χ3n) is 3.35. The molecule has 1 aromatic rings. The molecule has 1 fully saturated rings. The molecular weight excluding hydrogens is 344 g/mol. The number of carboxylic acid groups (broad SMARTS) is 1. The molecule has 2 amide bonds. The highest BCUT2D eigenvalue weighted by Gasteiger charge is 2.32. The third-order valence-corrected chi connectivity index (χ3v) is 3.67. The second-order valence-corrected chi connectivity index (χ2v) is 5.58. The van der Waals surface area contributed by atoms with Gasteiger partial charge in [-0.25, -0.2) is 4.79 Å². The topological polar surface area (TPSA) is 95.9 Å². The van der Waals surface area contributed by atoms with Crippen molar-refractivity contribution < 1.29 is 24.2 Å². The first-order valence-corrected chi connectivity index (χ1v) is 7.73. The van der Waals surface area contributed by atoms with Crippen molar-refractivity contribution in [3.8, 4) is 5.75 Å². The van der Waals surface area contributed by atoms with E-state index in [2.05, 4.69) is 11.9 Å². The number of aliphatic carboxylic acids is 1. The third kappa shape index (κ3) is 4.30. The first kappa shape index (κ1) is 18.3. The van der Waals surface area contributed by atoms with E-state index in [1.165, 1.54) is 24.0 Å². The Morgan fingerprint density at radius 1 is 1.40 bits per heavy atom. The highest BCUT2D eigenvalue weighted by molar-refractivity contribution is 7.80. The smallest absolute Gasteiger partial charge is 0.344 e. The molecule has 2 N–H and O–H groups in total. The SMILES string of the molecule is C=CCN1C(=O)/C(=C\c2ccc(O[C@@H](C)C(=O)O)cc2)C(=O)NC1=S. The minimum Gasteiger partial charge on any atom is -0.479 e. The van der Waals surface area contributed by atoms with E-state index >= 15 is 0 Å². The zero-order chi connectivity index (χ0) is 18.6. The normalized spacial score (nSPS) is 17.2. The van der Waals surface area contributed by atoms with Gasteiger partial charge < -0.3 is 9.84 Å². The Bertz CT molecular complexity index is 770. The van der Waals surface area contributed by atoms with Gasteiger partial charge >= 0.3 is 5.97 Å². The van der Waals surface area contributed by atoms with Gasteiger partial charge in [0.05, 0.1) is 0 Å². The second kappa shape index (κ2) is 7.71. The van der Waals surface area contributed by atoms with Crippen LogP contribution in [0.2, 0.25) is 0 Å². The molecule has 1 aromatic carbocycles. The van der Waals surface area contributed by atoms with Gasteiger partial charge in [-0.15, -0.1) is 6.58 Å². The summed E-state index contributed by atoms with van der Waals surface area (Å²) in [7, 11) is 0. The quantitative estimate of drug-likeness (QED) is 0.344. The standard InChI is InChI=1S/C17H16N2O5S/c1-3-8-19-15(21)13(14(20)18-17(19)25)9-11-4-6-12(7-5-11)24-10(2)16(22)23/h3-7,9-10H,1,8H2,2H3,(H,22,23)(H,18,20,25)/b13-9-/t10-/m0/s1. The molecule has 0 aliphatic carbocycles. The van der Waals surface area contributed by atoms with Crippen LogP contribution in [0.4, 0.5) is 0 Å². The van der Waals surface area contributed by atoms with Gasteiger partial charge in [0.15, 0.2) is 11.2 Å². The van der Waals surface area contributed by atoms with E-state index in [1.807, 2.05) is 0 Å². The number of rotatable bonds is 6. The summed E-state index contributed by atoms with van der Waals surface area (Å²) in [5.41, 5.74) is 0.531. The summed E-state index contributed by atoms with van der Waals surface area (Å²) in [6.07, 6.45) is 1.96. The van der Waals surface area contributed by atoms with Crippen molar-refractivity contribution in [1.82, 2.24) is 10.2 Å². The van der Waals surface area contributed by atoms with Gasteiger partial charge in [-0.05, 0) is 42.9 Å². The average Bonchev–Trinajstić information content (AvgIpc) is 2.56. The second-order valence-electron chi connectivity index (χ2n) is 5.19. The van der Waals surface area contributed by atoms with E-state index in [-0.39, 0.29) is 17.2 Å². The summed E-state index contributed by atoms with van der Waals surface area (Å²) in [6.45, 7) is 5.16. The van der Waals surface area contributed by atoms with Crippen molar-refractivity contribution in [2.75, 3.05) is 6.54 Å². The number of hydrogen-bond donors (Lipinski definition) is 2. The van der Waals surface area contributed by atoms with Crippen molar-refractivity contribution in [3.05, 3.63) is 48.1 Å². The molecular formula is C17H16N2O5S. The van der Waals surface area contributed by atoms with Crippen LogP contribution in [0.1, 0.15) is 12.5 Å². The maximum atomic E-state index is 12.4. The molecule has 0 unspecified atom stereocenters. The van der Waals surface area contributed by atoms with Crippen molar-refractivity contribution in [2.24, 2.45) is 0 Å². The number of thiocarbonyl (C=S) groups is 1. The molecule has 8 heteroatoms. The molecule has 0 bridgehead atoms. The summed E-state index contributed by atoms with van der Waals surface area (Å²) in [5, 5.41) is 11.3. The molecule has 1 saturated heterocycles. The predicted molar refractivity (Wildman–Crippen MR) is 94.8 cm³/mol. The zero-order valence-electron chi connectivity index (χ0n) is 13.4. The lowest BCUT2D eigenvalue weighted by Gasteiger charge is -2.27. The van der Waals surface area contributed by atoms with Gasteiger partial charge in [0.2, 0.25) is 0 Å². The number of amides is 2. The van der Waals surface area contributed by atoms with Gasteiger partial charge in [0.1, 0.15) is 11.3 Å². The Morgan fingerprint density at radius 2 is 2.04 bits per heavy atom. The summed E-state index contributed by atoms with van der Waals surface area (Å²) < 4.78 is 5.22. The lowest BCUT2D eigenvalue weighted by atomic mass is 10.1. The van der Waals surface area contributed by atoms with E-state index in [0.717, 1.165) is 0 Å². The van der Waals surface area contributed by atoms with E-state index in [4.69, 9.17) is 22.1 Å².